The lowest BCUT2D eigenvalue weighted by Gasteiger charge is -2.44. The van der Waals surface area contributed by atoms with Gasteiger partial charge in [0.1, 0.15) is 5.76 Å². The summed E-state index contributed by atoms with van der Waals surface area (Å²) in [7, 11) is 0. The van der Waals surface area contributed by atoms with Crippen LogP contribution in [0.25, 0.3) is 22.3 Å². The third kappa shape index (κ3) is 7.68. The minimum absolute atomic E-state index is 0.00265. The second-order valence-electron chi connectivity index (χ2n) is 26.5. The third-order valence-electron chi connectivity index (χ3n) is 21.5. The Hall–Kier alpha value is -5.81. The summed E-state index contributed by atoms with van der Waals surface area (Å²) in [5, 5.41) is 16.9. The van der Waals surface area contributed by atoms with Gasteiger partial charge in [0.25, 0.3) is 0 Å². The van der Waals surface area contributed by atoms with Crippen molar-refractivity contribution in [2.24, 2.45) is 9.98 Å². The number of rotatable bonds is 4. The van der Waals surface area contributed by atoms with Gasteiger partial charge in [0, 0.05) is 44.5 Å². The van der Waals surface area contributed by atoms with Crippen LogP contribution in [0.4, 0.5) is 17.1 Å². The van der Waals surface area contributed by atoms with Crippen LogP contribution in [0.15, 0.2) is 116 Å². The quantitative estimate of drug-likeness (QED) is 0.200. The van der Waals surface area contributed by atoms with Crippen LogP contribution in [-0.4, -0.2) is 22.3 Å². The van der Waals surface area contributed by atoms with Crippen molar-refractivity contribution in [1.29, 1.82) is 0 Å². The molecule has 3 aliphatic heterocycles. The highest BCUT2D eigenvalue weighted by atomic mass is 16.3. The van der Waals surface area contributed by atoms with Gasteiger partial charge in [-0.1, -0.05) is 104 Å². The fourth-order valence-corrected chi connectivity index (χ4v) is 17.0. The number of Topliss-reactive ketones (excluding diaryl/α,β-unsaturated/α-hetero) is 1. The van der Waals surface area contributed by atoms with E-state index in [0.717, 1.165) is 113 Å². The molecule has 4 atom stereocenters. The summed E-state index contributed by atoms with van der Waals surface area (Å²) in [5.41, 5.74) is 29.4. The highest BCUT2D eigenvalue weighted by molar-refractivity contribution is 6.23. The number of ketones is 1. The molecule has 3 heterocycles. The molecule has 3 fully saturated rings. The van der Waals surface area contributed by atoms with E-state index in [1.807, 2.05) is 0 Å². The zero-order chi connectivity index (χ0) is 53.3. The predicted octanol–water partition coefficient (Wildman–Crippen LogP) is 19.2. The van der Waals surface area contributed by atoms with Crippen LogP contribution in [0.5, 0.6) is 0 Å². The topological polar surface area (TPSA) is 74.0 Å². The molecule has 0 spiro atoms. The van der Waals surface area contributed by atoms with E-state index >= 15 is 4.79 Å². The summed E-state index contributed by atoms with van der Waals surface area (Å²) >= 11 is 0. The van der Waals surface area contributed by atoms with Crippen molar-refractivity contribution in [3.8, 4) is 22.3 Å². The molecule has 0 radical (unpaired) electrons. The summed E-state index contributed by atoms with van der Waals surface area (Å²) in [5.74, 6) is 0.222. The Labute approximate surface area is 460 Å². The monoisotopic (exact) mass is 1020 g/mol. The number of nitrogens with one attached hydrogen (secondary N) is 1. The second-order valence-corrected chi connectivity index (χ2v) is 26.5. The number of aliphatic imine (C=N–C) groups is 2. The van der Waals surface area contributed by atoms with Crippen LogP contribution < -0.4 is 5.32 Å². The highest BCUT2D eigenvalue weighted by Crippen LogP contribution is 2.58. The number of benzene rings is 4. The first-order chi connectivity index (χ1) is 37.1. The van der Waals surface area contributed by atoms with E-state index < -0.39 is 0 Å². The summed E-state index contributed by atoms with van der Waals surface area (Å²) < 4.78 is 0. The normalized spacial score (nSPS) is 29.8. The van der Waals surface area contributed by atoms with Gasteiger partial charge in [-0.05, 0) is 255 Å². The Kier molecular flexibility index (Phi) is 12.3. The number of anilines is 1. The molecule has 3 saturated carbocycles. The molecule has 0 aromatic heterocycles. The lowest BCUT2D eigenvalue weighted by molar-refractivity contribution is -0.113. The van der Waals surface area contributed by atoms with Gasteiger partial charge in [-0.25, -0.2) is 0 Å². The zero-order valence-electron chi connectivity index (χ0n) is 47.9. The van der Waals surface area contributed by atoms with E-state index in [4.69, 9.17) is 9.98 Å². The van der Waals surface area contributed by atoms with Crippen LogP contribution in [-0.2, 0) is 32.9 Å². The van der Waals surface area contributed by atoms with Crippen molar-refractivity contribution < 1.29 is 9.90 Å². The maximum Gasteiger partial charge on any atom is 0.201 e. The first kappa shape index (κ1) is 50.7. The van der Waals surface area contributed by atoms with E-state index in [1.165, 1.54) is 163 Å². The first-order valence-corrected chi connectivity index (χ1v) is 30.4. The number of allylic oxidation sites excluding steroid dienone is 8. The predicted molar refractivity (Wildman–Crippen MR) is 321 cm³/mol. The molecule has 9 aliphatic rings. The zero-order valence-corrected chi connectivity index (χ0v) is 47.9. The fourth-order valence-electron chi connectivity index (χ4n) is 17.0. The van der Waals surface area contributed by atoms with Crippen LogP contribution in [0.1, 0.15) is 219 Å². The van der Waals surface area contributed by atoms with E-state index in [-0.39, 0.29) is 33.2 Å². The largest absolute Gasteiger partial charge is 0.506 e. The number of hydrogen-bond donors (Lipinski definition) is 2. The lowest BCUT2D eigenvalue weighted by atomic mass is 9.59. The standard InChI is InChI=1S/C72H83N3O2/c1-10-46-37-53-42(2)33-47(48-34-43(3)63-55(39-48)69(6)29-21-13-11-19-27-58(69)73-63)38-54(53)71(8)31-23-15-17-25-51(62(46)71)60-66(76)61(67(60)77)52-26-18-16-24-32-72(9)57-41-50(36-45(5)65(57)75-68(52)72)49-35-44(4)64-56(40-49)70(7)30-22-14-12-20-28-59(70)74-64/h10,33-36,38-41,75-76H,1,11-32,37H2,2-9H3/b60-51+,68-52-. The number of carbonyl (C=O) groups excluding carboxylic acids is 1. The van der Waals surface area contributed by atoms with Crippen molar-refractivity contribution in [2.45, 2.75) is 225 Å². The van der Waals surface area contributed by atoms with Crippen molar-refractivity contribution in [3.05, 3.63) is 156 Å². The molecule has 13 rings (SSSR count). The summed E-state index contributed by atoms with van der Waals surface area (Å²) in [6, 6.07) is 19.5. The molecule has 4 unspecified atom stereocenters. The number of aliphatic hydroxyl groups excluding tert-OH is 1. The SMILES string of the molecule is C=CC1=C2/C(=C3/C(=O)C(C4=C5\Nc6c(C)cc(-c7cc(C)c8c(c7)C7(C)CCCCCCC7=N8)cc6C5(C)CCCCC\4)=C3O)CCCCCC2(C)c2cc(-c3cc(C)c4c(c3)C3(C)CCCCCCC3=N4)cc(C)c2C1. The molecular weight excluding hydrogens is 939 g/mol. The number of hydrogen-bond acceptors (Lipinski definition) is 5. The summed E-state index contributed by atoms with van der Waals surface area (Å²) in [4.78, 5) is 26.3. The number of carbonyl (C=O) groups is 1. The summed E-state index contributed by atoms with van der Waals surface area (Å²) in [6.45, 7) is 23.3. The molecular formula is C72H83N3O2. The fraction of sp³-hybridized carbons (Fsp3) is 0.486. The Bertz CT molecular complexity index is 3470. The minimum atomic E-state index is -0.366. The smallest absolute Gasteiger partial charge is 0.201 e. The molecule has 6 aliphatic carbocycles. The van der Waals surface area contributed by atoms with E-state index in [2.05, 4.69) is 122 Å². The van der Waals surface area contributed by atoms with Gasteiger partial charge in [0.2, 0.25) is 5.78 Å². The Balaban J connectivity index is 0.891. The Morgan fingerprint density at radius 3 is 1.52 bits per heavy atom. The van der Waals surface area contributed by atoms with Gasteiger partial charge in [0.05, 0.1) is 22.5 Å². The van der Waals surface area contributed by atoms with Gasteiger partial charge >= 0.3 is 0 Å². The van der Waals surface area contributed by atoms with Gasteiger partial charge in [-0.3, -0.25) is 14.8 Å². The molecule has 77 heavy (non-hydrogen) atoms. The van der Waals surface area contributed by atoms with Crippen molar-refractivity contribution in [1.82, 2.24) is 0 Å². The number of aliphatic hydroxyl groups is 1. The molecule has 0 amide bonds. The van der Waals surface area contributed by atoms with Crippen LogP contribution in [0.3, 0.4) is 0 Å². The first-order valence-electron chi connectivity index (χ1n) is 30.4. The van der Waals surface area contributed by atoms with Crippen LogP contribution >= 0.6 is 0 Å². The number of aryl methyl sites for hydroxylation is 4. The molecule has 398 valence electrons. The second kappa shape index (κ2) is 18.7. The van der Waals surface area contributed by atoms with E-state index in [1.54, 1.807) is 0 Å². The maximum atomic E-state index is 15.5. The van der Waals surface area contributed by atoms with E-state index in [9.17, 15) is 5.11 Å². The average Bonchev–Trinajstić information content (AvgIpc) is 4.17. The molecule has 4 aromatic rings. The van der Waals surface area contributed by atoms with Crippen molar-refractivity contribution in [2.75, 3.05) is 5.32 Å². The Morgan fingerprint density at radius 2 is 0.961 bits per heavy atom. The number of nitrogens with zero attached hydrogens (tertiary/aromatic N) is 2. The van der Waals surface area contributed by atoms with Gasteiger partial charge in [-0.2, -0.15) is 0 Å². The van der Waals surface area contributed by atoms with Gasteiger partial charge < -0.3 is 10.4 Å². The molecule has 5 heteroatoms. The van der Waals surface area contributed by atoms with Crippen LogP contribution in [0, 0.1) is 27.7 Å². The molecule has 5 nitrogen and oxygen atoms in total. The third-order valence-corrected chi connectivity index (χ3v) is 21.5. The Morgan fingerprint density at radius 1 is 0.506 bits per heavy atom. The number of fused-ring (bicyclic) bond motifs is 12. The molecule has 0 bridgehead atoms. The summed E-state index contributed by atoms with van der Waals surface area (Å²) in [6.07, 6.45) is 27.4. The highest BCUT2D eigenvalue weighted by Gasteiger charge is 2.50. The van der Waals surface area contributed by atoms with Gasteiger partial charge in [-0.15, -0.1) is 0 Å². The maximum absolute atomic E-state index is 15.5. The van der Waals surface area contributed by atoms with Crippen molar-refractivity contribution >= 4 is 34.3 Å². The molecule has 2 N–H and O–H groups in total. The lowest BCUT2D eigenvalue weighted by Crippen LogP contribution is -2.36. The van der Waals surface area contributed by atoms with E-state index in [0.29, 0.717) is 11.1 Å². The minimum Gasteiger partial charge on any atom is -0.506 e. The molecule has 4 aromatic carbocycles. The molecule has 0 saturated heterocycles. The average molecular weight is 1020 g/mol. The van der Waals surface area contributed by atoms with Crippen LogP contribution in [0.2, 0.25) is 0 Å². The van der Waals surface area contributed by atoms with Crippen molar-refractivity contribution in [3.63, 3.8) is 0 Å². The van der Waals surface area contributed by atoms with Gasteiger partial charge in [0.15, 0.2) is 0 Å².